The van der Waals surface area contributed by atoms with Crippen LogP contribution in [-0.4, -0.2) is 24.1 Å². The quantitative estimate of drug-likeness (QED) is 0.483. The van der Waals surface area contributed by atoms with Crippen molar-refractivity contribution in [2.75, 3.05) is 6.61 Å². The fourth-order valence-electron chi connectivity index (χ4n) is 4.22. The normalized spacial score (nSPS) is 23.9. The van der Waals surface area contributed by atoms with Gasteiger partial charge in [0.2, 0.25) is 0 Å². The minimum Gasteiger partial charge on any atom is -0.465 e. The Balaban J connectivity index is 2.08. The summed E-state index contributed by atoms with van der Waals surface area (Å²) >= 11 is 6.24. The van der Waals surface area contributed by atoms with E-state index >= 15 is 0 Å². The lowest BCUT2D eigenvalue weighted by atomic mass is 9.67. The fraction of sp³-hybridized carbons (Fsp3) is 0.522. The number of ether oxygens (including phenoxy) is 1. The van der Waals surface area contributed by atoms with Gasteiger partial charge in [0.1, 0.15) is 5.92 Å². The predicted octanol–water partition coefficient (Wildman–Crippen LogP) is 5.50. The van der Waals surface area contributed by atoms with Gasteiger partial charge in [-0.3, -0.25) is 14.6 Å². The van der Waals surface area contributed by atoms with Gasteiger partial charge >= 0.3 is 5.97 Å². The molecule has 0 aromatic heterocycles. The molecule has 2 atom stereocenters. The molecular formula is C23H28ClNO3. The van der Waals surface area contributed by atoms with Gasteiger partial charge in [0.15, 0.2) is 5.78 Å². The Kier molecular flexibility index (Phi) is 6.09. The number of Topliss-reactive ketones (excluding diaryl/α,β-unsaturated/α-hetero) is 1. The van der Waals surface area contributed by atoms with Gasteiger partial charge in [0.05, 0.1) is 6.61 Å². The Morgan fingerprint density at radius 2 is 2.07 bits per heavy atom. The Labute approximate surface area is 172 Å². The van der Waals surface area contributed by atoms with Crippen molar-refractivity contribution in [3.05, 3.63) is 46.1 Å². The molecule has 1 aliphatic heterocycles. The zero-order valence-corrected chi connectivity index (χ0v) is 17.8. The molecule has 150 valence electrons. The molecule has 28 heavy (non-hydrogen) atoms. The Bertz CT molecular complexity index is 853. The van der Waals surface area contributed by atoms with Crippen LogP contribution in [0.25, 0.3) is 0 Å². The molecule has 0 spiro atoms. The van der Waals surface area contributed by atoms with E-state index in [1.54, 1.807) is 6.07 Å². The summed E-state index contributed by atoms with van der Waals surface area (Å²) in [5.41, 5.74) is 2.90. The number of carbonyl (C=O) groups excluding carboxylic acids is 2. The molecule has 0 saturated heterocycles. The van der Waals surface area contributed by atoms with Crippen LogP contribution in [0.1, 0.15) is 64.9 Å². The number of unbranched alkanes of at least 4 members (excludes halogenated alkanes) is 1. The molecule has 1 unspecified atom stereocenters. The number of nitrogens with zero attached hydrogens (tertiary/aromatic N) is 1. The Hall–Kier alpha value is -1.94. The van der Waals surface area contributed by atoms with Crippen LogP contribution in [-0.2, 0) is 14.3 Å². The third-order valence-electron chi connectivity index (χ3n) is 5.51. The second-order valence-electron chi connectivity index (χ2n) is 8.59. The first-order valence-corrected chi connectivity index (χ1v) is 10.3. The maximum Gasteiger partial charge on any atom is 0.315 e. The molecule has 0 bridgehead atoms. The van der Waals surface area contributed by atoms with Gasteiger partial charge in [-0.25, -0.2) is 0 Å². The van der Waals surface area contributed by atoms with E-state index in [2.05, 4.69) is 20.8 Å². The molecule has 1 aromatic rings. The molecule has 0 radical (unpaired) electrons. The summed E-state index contributed by atoms with van der Waals surface area (Å²) in [4.78, 5) is 30.8. The van der Waals surface area contributed by atoms with E-state index < -0.39 is 11.8 Å². The summed E-state index contributed by atoms with van der Waals surface area (Å²) < 4.78 is 5.54. The summed E-state index contributed by atoms with van der Waals surface area (Å²) in [5.74, 6) is -1.24. The fourth-order valence-corrected chi connectivity index (χ4v) is 4.42. The van der Waals surface area contributed by atoms with E-state index in [9.17, 15) is 9.59 Å². The standard InChI is InChI=1S/C23H28ClNO3/c1-5-6-10-28-22(27)19-14(2)25-17-12-23(3,4)13-18(26)21(17)20(19)15-8-7-9-16(24)11-15/h7-9,11,19-20H,5-6,10,12-13H2,1-4H3/t19?,20-/m0/s1. The number of esters is 1. The maximum absolute atomic E-state index is 13.1. The van der Waals surface area contributed by atoms with Crippen molar-refractivity contribution >= 4 is 29.1 Å². The van der Waals surface area contributed by atoms with Crippen molar-refractivity contribution in [2.24, 2.45) is 16.3 Å². The molecule has 1 heterocycles. The largest absolute Gasteiger partial charge is 0.465 e. The van der Waals surface area contributed by atoms with Gasteiger partial charge in [-0.15, -0.1) is 0 Å². The molecule has 0 fully saturated rings. The van der Waals surface area contributed by atoms with E-state index in [0.29, 0.717) is 29.3 Å². The predicted molar refractivity (Wildman–Crippen MR) is 112 cm³/mol. The molecule has 0 saturated carbocycles. The zero-order valence-electron chi connectivity index (χ0n) is 17.0. The number of halogens is 1. The smallest absolute Gasteiger partial charge is 0.315 e. The van der Waals surface area contributed by atoms with Crippen molar-refractivity contribution in [1.82, 2.24) is 0 Å². The molecule has 4 nitrogen and oxygen atoms in total. The first kappa shape index (κ1) is 20.8. The van der Waals surface area contributed by atoms with Crippen LogP contribution < -0.4 is 0 Å². The van der Waals surface area contributed by atoms with Crippen LogP contribution in [0.4, 0.5) is 0 Å². The van der Waals surface area contributed by atoms with Crippen molar-refractivity contribution in [3.63, 3.8) is 0 Å². The van der Waals surface area contributed by atoms with E-state index in [0.717, 1.165) is 30.5 Å². The first-order chi connectivity index (χ1) is 13.2. The van der Waals surface area contributed by atoms with Gasteiger partial charge < -0.3 is 4.74 Å². The van der Waals surface area contributed by atoms with Crippen LogP contribution in [0.5, 0.6) is 0 Å². The number of ketones is 1. The third kappa shape index (κ3) is 4.22. The van der Waals surface area contributed by atoms with Gasteiger partial charge in [0.25, 0.3) is 0 Å². The summed E-state index contributed by atoms with van der Waals surface area (Å²) in [6, 6.07) is 7.42. The molecule has 0 amide bonds. The van der Waals surface area contributed by atoms with Crippen LogP contribution in [0.15, 0.2) is 40.5 Å². The number of carbonyl (C=O) groups is 2. The highest BCUT2D eigenvalue weighted by Crippen LogP contribution is 2.48. The highest BCUT2D eigenvalue weighted by Gasteiger charge is 2.46. The van der Waals surface area contributed by atoms with Crippen molar-refractivity contribution in [3.8, 4) is 0 Å². The van der Waals surface area contributed by atoms with Crippen molar-refractivity contribution < 1.29 is 14.3 Å². The Morgan fingerprint density at radius 1 is 1.32 bits per heavy atom. The second-order valence-corrected chi connectivity index (χ2v) is 9.02. The van der Waals surface area contributed by atoms with Crippen LogP contribution in [0.2, 0.25) is 5.02 Å². The van der Waals surface area contributed by atoms with Crippen molar-refractivity contribution in [1.29, 1.82) is 0 Å². The number of hydrogen-bond acceptors (Lipinski definition) is 4. The molecule has 3 rings (SSSR count). The highest BCUT2D eigenvalue weighted by atomic mass is 35.5. The van der Waals surface area contributed by atoms with Gasteiger partial charge in [-0.2, -0.15) is 0 Å². The number of hydrogen-bond donors (Lipinski definition) is 0. The minimum atomic E-state index is -0.598. The van der Waals surface area contributed by atoms with E-state index in [-0.39, 0.29) is 17.2 Å². The first-order valence-electron chi connectivity index (χ1n) is 9.97. The molecule has 2 aliphatic rings. The molecule has 5 heteroatoms. The molecule has 0 N–H and O–H groups in total. The number of aliphatic imine (C=N–C) groups is 1. The summed E-state index contributed by atoms with van der Waals surface area (Å²) in [5, 5.41) is 0.585. The lowest BCUT2D eigenvalue weighted by molar-refractivity contribution is -0.146. The number of benzene rings is 1. The Morgan fingerprint density at radius 3 is 2.75 bits per heavy atom. The van der Waals surface area contributed by atoms with Crippen LogP contribution >= 0.6 is 11.6 Å². The average Bonchev–Trinajstić information content (AvgIpc) is 2.59. The van der Waals surface area contributed by atoms with Gasteiger partial charge in [-0.1, -0.05) is 50.9 Å². The van der Waals surface area contributed by atoms with E-state index in [4.69, 9.17) is 21.3 Å². The maximum atomic E-state index is 13.1. The molecule has 1 aliphatic carbocycles. The third-order valence-corrected chi connectivity index (χ3v) is 5.74. The second kappa shape index (κ2) is 8.20. The summed E-state index contributed by atoms with van der Waals surface area (Å²) in [6.07, 6.45) is 2.94. The van der Waals surface area contributed by atoms with Gasteiger partial charge in [0, 0.05) is 34.3 Å². The zero-order chi connectivity index (χ0) is 20.5. The van der Waals surface area contributed by atoms with Gasteiger partial charge in [-0.05, 0) is 42.9 Å². The van der Waals surface area contributed by atoms with Crippen LogP contribution in [0, 0.1) is 11.3 Å². The number of rotatable bonds is 5. The molecule has 1 aromatic carbocycles. The summed E-state index contributed by atoms with van der Waals surface area (Å²) in [7, 11) is 0. The monoisotopic (exact) mass is 401 g/mol. The van der Waals surface area contributed by atoms with E-state index in [1.165, 1.54) is 0 Å². The average molecular weight is 402 g/mol. The SMILES string of the molecule is CCCCOC(=O)C1C(C)=NC2=C(C(=O)CC(C)(C)C2)[C@H]1c1cccc(Cl)c1. The lowest BCUT2D eigenvalue weighted by Crippen LogP contribution is -2.39. The minimum absolute atomic E-state index is 0.0684. The topological polar surface area (TPSA) is 55.7 Å². The molecular weight excluding hydrogens is 374 g/mol. The van der Waals surface area contributed by atoms with Crippen LogP contribution in [0.3, 0.4) is 0 Å². The summed E-state index contributed by atoms with van der Waals surface area (Å²) in [6.45, 7) is 8.46. The highest BCUT2D eigenvalue weighted by molar-refractivity contribution is 6.30. The van der Waals surface area contributed by atoms with E-state index in [1.807, 2.05) is 25.1 Å². The van der Waals surface area contributed by atoms with Crippen molar-refractivity contribution in [2.45, 2.75) is 59.3 Å². The number of allylic oxidation sites excluding steroid dienone is 2. The lowest BCUT2D eigenvalue weighted by Gasteiger charge is -2.39.